The Morgan fingerprint density at radius 3 is 2.26 bits per heavy atom. The number of benzene rings is 3. The number of sulfonamides is 1. The number of amides is 1. The molecule has 1 amide bonds. The minimum Gasteiger partial charge on any atom is -0.272 e. The van der Waals surface area contributed by atoms with Crippen LogP contribution in [0.15, 0.2) is 84.2 Å². The molecule has 0 spiro atoms. The van der Waals surface area contributed by atoms with Gasteiger partial charge in [0.2, 0.25) is 10.0 Å². The van der Waals surface area contributed by atoms with E-state index in [4.69, 9.17) is 0 Å². The zero-order chi connectivity index (χ0) is 24.3. The Bertz CT molecular complexity index is 1400. The summed E-state index contributed by atoms with van der Waals surface area (Å²) in [5.74, 6) is -0.808. The molecular weight excluding hydrogens is 473 g/mol. The number of thiazole rings is 1. The lowest BCUT2D eigenvalue weighted by Gasteiger charge is -2.27. The predicted molar refractivity (Wildman–Crippen MR) is 134 cm³/mol. The summed E-state index contributed by atoms with van der Waals surface area (Å²) >= 11 is 1.25. The summed E-state index contributed by atoms with van der Waals surface area (Å²) in [6.07, 6.45) is 1.08. The molecule has 0 bridgehead atoms. The van der Waals surface area contributed by atoms with E-state index in [-0.39, 0.29) is 5.82 Å². The lowest BCUT2D eigenvalue weighted by atomic mass is 10.2. The molecule has 0 radical (unpaired) electrons. The fraction of sp³-hybridized carbons (Fsp3) is 0.120. The van der Waals surface area contributed by atoms with Gasteiger partial charge >= 0.3 is 0 Å². The molecule has 9 heteroatoms. The van der Waals surface area contributed by atoms with Crippen LogP contribution in [0.5, 0.6) is 0 Å². The van der Waals surface area contributed by atoms with Gasteiger partial charge in [-0.1, -0.05) is 36.4 Å². The van der Waals surface area contributed by atoms with Gasteiger partial charge in [-0.2, -0.15) is 0 Å². The van der Waals surface area contributed by atoms with Crippen molar-refractivity contribution in [3.8, 4) is 11.3 Å². The molecule has 0 aliphatic heterocycles. The van der Waals surface area contributed by atoms with Crippen LogP contribution >= 0.6 is 11.3 Å². The number of halogens is 1. The van der Waals surface area contributed by atoms with Crippen LogP contribution in [0.25, 0.3) is 11.3 Å². The zero-order valence-corrected chi connectivity index (χ0v) is 20.2. The Labute approximate surface area is 202 Å². The van der Waals surface area contributed by atoms with Crippen molar-refractivity contribution in [2.75, 3.05) is 22.0 Å². The molecule has 1 heterocycles. The van der Waals surface area contributed by atoms with Gasteiger partial charge in [-0.25, -0.2) is 17.8 Å². The first-order chi connectivity index (χ1) is 16.2. The van der Waals surface area contributed by atoms with Gasteiger partial charge in [0.25, 0.3) is 5.91 Å². The molecule has 4 rings (SSSR count). The lowest BCUT2D eigenvalue weighted by Crippen LogP contribution is -2.41. The van der Waals surface area contributed by atoms with E-state index in [2.05, 4.69) is 4.98 Å². The molecule has 0 atom stereocenters. The number of carbonyl (C=O) groups is 1. The van der Waals surface area contributed by atoms with Crippen LogP contribution in [0.1, 0.15) is 5.56 Å². The highest BCUT2D eigenvalue weighted by Gasteiger charge is 2.28. The average Bonchev–Trinajstić information content (AvgIpc) is 3.28. The summed E-state index contributed by atoms with van der Waals surface area (Å²) in [7, 11) is -3.74. The van der Waals surface area contributed by atoms with Gasteiger partial charge in [0.05, 0.1) is 23.3 Å². The molecule has 0 N–H and O–H groups in total. The van der Waals surface area contributed by atoms with E-state index in [0.717, 1.165) is 16.1 Å². The Morgan fingerprint density at radius 2 is 1.62 bits per heavy atom. The minimum atomic E-state index is -3.74. The van der Waals surface area contributed by atoms with Crippen LogP contribution in [0, 0.1) is 12.7 Å². The summed E-state index contributed by atoms with van der Waals surface area (Å²) in [6, 6.07) is 21.9. The van der Waals surface area contributed by atoms with Gasteiger partial charge in [0.1, 0.15) is 12.4 Å². The zero-order valence-electron chi connectivity index (χ0n) is 18.6. The fourth-order valence-corrected chi connectivity index (χ4v) is 5.25. The molecule has 34 heavy (non-hydrogen) atoms. The lowest BCUT2D eigenvalue weighted by molar-refractivity contribution is -0.116. The van der Waals surface area contributed by atoms with E-state index in [1.54, 1.807) is 66.9 Å². The van der Waals surface area contributed by atoms with Crippen molar-refractivity contribution in [1.82, 2.24) is 4.98 Å². The number of anilines is 3. The minimum absolute atomic E-state index is 0.350. The first-order valence-electron chi connectivity index (χ1n) is 10.4. The SMILES string of the molecule is Cc1ccccc1N(CC(=O)N(c1ccccc1)c1nc(-c2ccc(F)cc2)cs1)S(C)(=O)=O. The Hall–Kier alpha value is -3.56. The molecule has 1 aromatic heterocycles. The average molecular weight is 496 g/mol. The molecule has 0 fully saturated rings. The predicted octanol–water partition coefficient (Wildman–Crippen LogP) is 5.39. The fourth-order valence-electron chi connectivity index (χ4n) is 3.48. The molecule has 6 nitrogen and oxygen atoms in total. The molecule has 3 aromatic carbocycles. The number of hydrogen-bond acceptors (Lipinski definition) is 5. The third-order valence-electron chi connectivity index (χ3n) is 5.15. The normalized spacial score (nSPS) is 11.3. The van der Waals surface area contributed by atoms with Crippen LogP contribution in [-0.4, -0.2) is 32.1 Å². The number of rotatable bonds is 7. The van der Waals surface area contributed by atoms with Crippen LogP contribution in [0.2, 0.25) is 0 Å². The quantitative estimate of drug-likeness (QED) is 0.345. The van der Waals surface area contributed by atoms with Gasteiger partial charge in [-0.15, -0.1) is 11.3 Å². The van der Waals surface area contributed by atoms with Gasteiger partial charge in [0.15, 0.2) is 5.13 Å². The van der Waals surface area contributed by atoms with Crippen LogP contribution < -0.4 is 9.21 Å². The van der Waals surface area contributed by atoms with Crippen molar-refractivity contribution in [3.05, 3.63) is 95.6 Å². The maximum absolute atomic E-state index is 13.6. The molecule has 0 unspecified atom stereocenters. The largest absolute Gasteiger partial charge is 0.272 e. The van der Waals surface area contributed by atoms with Crippen molar-refractivity contribution in [2.45, 2.75) is 6.92 Å². The summed E-state index contributed by atoms with van der Waals surface area (Å²) in [6.45, 7) is 1.40. The third kappa shape index (κ3) is 5.16. The summed E-state index contributed by atoms with van der Waals surface area (Å²) < 4.78 is 39.7. The molecule has 0 aliphatic carbocycles. The van der Waals surface area contributed by atoms with Crippen molar-refractivity contribution >= 4 is 43.8 Å². The summed E-state index contributed by atoms with van der Waals surface area (Å²) in [5.41, 5.74) is 3.04. The monoisotopic (exact) mass is 495 g/mol. The van der Waals surface area contributed by atoms with Crippen molar-refractivity contribution < 1.29 is 17.6 Å². The number of aromatic nitrogens is 1. The van der Waals surface area contributed by atoms with Crippen molar-refractivity contribution in [3.63, 3.8) is 0 Å². The molecule has 0 aliphatic rings. The van der Waals surface area contributed by atoms with Crippen LogP contribution in [-0.2, 0) is 14.8 Å². The highest BCUT2D eigenvalue weighted by atomic mass is 32.2. The summed E-state index contributed by atoms with van der Waals surface area (Å²) in [5, 5.41) is 2.16. The van der Waals surface area contributed by atoms with Gasteiger partial charge in [0, 0.05) is 10.9 Å². The number of aryl methyl sites for hydroxylation is 1. The standard InChI is InChI=1S/C25H22FN3O3S2/c1-18-8-6-7-11-23(18)28(34(2,31)32)16-24(30)29(21-9-4-3-5-10-21)25-27-22(17-33-25)19-12-14-20(26)15-13-19/h3-15,17H,16H2,1-2H3. The van der Waals surface area contributed by atoms with E-state index >= 15 is 0 Å². The molecular formula is C25H22FN3O3S2. The topological polar surface area (TPSA) is 70.6 Å². The van der Waals surface area contributed by atoms with E-state index in [9.17, 15) is 17.6 Å². The molecule has 174 valence electrons. The maximum Gasteiger partial charge on any atom is 0.254 e. The number of carbonyl (C=O) groups excluding carboxylic acids is 1. The highest BCUT2D eigenvalue weighted by Crippen LogP contribution is 2.33. The molecule has 0 saturated carbocycles. The Morgan fingerprint density at radius 1 is 0.971 bits per heavy atom. The Kier molecular flexibility index (Phi) is 6.76. The first kappa shape index (κ1) is 23.6. The van der Waals surface area contributed by atoms with Crippen molar-refractivity contribution in [2.24, 2.45) is 0 Å². The summed E-state index contributed by atoms with van der Waals surface area (Å²) in [4.78, 5) is 19.6. The molecule has 0 saturated heterocycles. The van der Waals surface area contributed by atoms with Gasteiger partial charge in [-0.05, 0) is 55.0 Å². The highest BCUT2D eigenvalue weighted by molar-refractivity contribution is 7.92. The number of hydrogen-bond donors (Lipinski definition) is 0. The maximum atomic E-state index is 13.6. The number of para-hydroxylation sites is 2. The third-order valence-corrected chi connectivity index (χ3v) is 7.10. The smallest absolute Gasteiger partial charge is 0.254 e. The van der Waals surface area contributed by atoms with Gasteiger partial charge in [-0.3, -0.25) is 14.0 Å². The molecule has 4 aromatic rings. The second-order valence-electron chi connectivity index (χ2n) is 7.64. The second kappa shape index (κ2) is 9.74. The van der Waals surface area contributed by atoms with E-state index in [1.165, 1.54) is 28.4 Å². The number of nitrogens with zero attached hydrogens (tertiary/aromatic N) is 3. The Balaban J connectivity index is 1.73. The van der Waals surface area contributed by atoms with Crippen LogP contribution in [0.3, 0.4) is 0 Å². The van der Waals surface area contributed by atoms with Gasteiger partial charge < -0.3 is 0 Å². The second-order valence-corrected chi connectivity index (χ2v) is 10.4. The van der Waals surface area contributed by atoms with E-state index in [1.807, 2.05) is 12.1 Å². The van der Waals surface area contributed by atoms with E-state index < -0.39 is 22.5 Å². The first-order valence-corrected chi connectivity index (χ1v) is 13.1. The van der Waals surface area contributed by atoms with Crippen LogP contribution in [0.4, 0.5) is 20.9 Å². The van der Waals surface area contributed by atoms with E-state index in [0.29, 0.717) is 27.8 Å². The van der Waals surface area contributed by atoms with Crippen molar-refractivity contribution in [1.29, 1.82) is 0 Å².